The molecule has 1 saturated heterocycles. The maximum Gasteiger partial charge on any atom is 0.192 e. The molecule has 35 heavy (non-hydrogen) atoms. The molecule has 3 N–H and O–H groups in total. The summed E-state index contributed by atoms with van der Waals surface area (Å²) in [6, 6.07) is 0. The Labute approximate surface area is 212 Å². The zero-order valence-corrected chi connectivity index (χ0v) is 25.5. The lowest BCUT2D eigenvalue weighted by molar-refractivity contribution is -0.120. The first-order valence-electron chi connectivity index (χ1n) is 12.3. The van der Waals surface area contributed by atoms with E-state index in [9.17, 15) is 5.11 Å². The monoisotopic (exact) mass is 523 g/mol. The molecule has 3 heterocycles. The summed E-state index contributed by atoms with van der Waals surface area (Å²) in [6.45, 7) is 25.6. The first-order chi connectivity index (χ1) is 15.7. The van der Waals surface area contributed by atoms with Crippen LogP contribution in [-0.4, -0.2) is 65.2 Å². The van der Waals surface area contributed by atoms with E-state index >= 15 is 0 Å². The minimum Gasteiger partial charge on any atom is -0.408 e. The minimum absolute atomic E-state index is 0.0276. The molecule has 2 aromatic heterocycles. The molecular weight excluding hydrogens is 478 g/mol. The molecule has 0 radical (unpaired) electrons. The summed E-state index contributed by atoms with van der Waals surface area (Å²) in [7, 11) is -4.53. The Balaban J connectivity index is 2.18. The largest absolute Gasteiger partial charge is 0.408 e. The van der Waals surface area contributed by atoms with Crippen molar-refractivity contribution in [1.29, 1.82) is 0 Å². The number of anilines is 1. The van der Waals surface area contributed by atoms with Crippen LogP contribution in [0.15, 0.2) is 12.7 Å². The smallest absolute Gasteiger partial charge is 0.192 e. The molecule has 1 aliphatic rings. The van der Waals surface area contributed by atoms with Gasteiger partial charge < -0.3 is 24.4 Å². The minimum atomic E-state index is -2.27. The van der Waals surface area contributed by atoms with Crippen molar-refractivity contribution in [3.63, 3.8) is 0 Å². The number of nitrogens with zero attached hydrogens (tertiary/aromatic N) is 4. The fraction of sp³-hybridized carbons (Fsp3) is 0.792. The van der Waals surface area contributed by atoms with Crippen LogP contribution in [0.1, 0.15) is 61.6 Å². The highest BCUT2D eigenvalue weighted by atomic mass is 28.4. The van der Waals surface area contributed by atoms with E-state index in [1.165, 1.54) is 6.33 Å². The van der Waals surface area contributed by atoms with E-state index in [0.717, 1.165) is 0 Å². The Morgan fingerprint density at radius 3 is 1.89 bits per heavy atom. The molecule has 0 aliphatic carbocycles. The first-order valence-corrected chi connectivity index (χ1v) is 18.2. The summed E-state index contributed by atoms with van der Waals surface area (Å²) >= 11 is 0. The van der Waals surface area contributed by atoms with Gasteiger partial charge in [-0.3, -0.25) is 4.57 Å². The number of ether oxygens (including phenoxy) is 1. The molecule has 4 unspecified atom stereocenters. The van der Waals surface area contributed by atoms with Crippen LogP contribution in [0, 0.1) is 0 Å². The van der Waals surface area contributed by atoms with Gasteiger partial charge in [0.2, 0.25) is 0 Å². The molecule has 1 aliphatic heterocycles. The van der Waals surface area contributed by atoms with Crippen LogP contribution in [-0.2, 0) is 13.6 Å². The lowest BCUT2D eigenvalue weighted by atomic mass is 9.96. The Morgan fingerprint density at radius 2 is 1.40 bits per heavy atom. The quantitative estimate of drug-likeness (QED) is 0.516. The van der Waals surface area contributed by atoms with Crippen molar-refractivity contribution >= 4 is 33.6 Å². The predicted octanol–water partition coefficient (Wildman–Crippen LogP) is 4.86. The van der Waals surface area contributed by atoms with E-state index in [2.05, 4.69) is 82.7 Å². The third-order valence-electron chi connectivity index (χ3n) is 8.02. The van der Waals surface area contributed by atoms with E-state index < -0.39 is 46.8 Å². The molecule has 0 amide bonds. The number of fused-ring (bicyclic) bond motifs is 1. The van der Waals surface area contributed by atoms with Crippen LogP contribution in [0.3, 0.4) is 0 Å². The van der Waals surface area contributed by atoms with Gasteiger partial charge in [-0.15, -0.1) is 0 Å². The van der Waals surface area contributed by atoms with Gasteiger partial charge in [0.05, 0.1) is 11.9 Å². The number of nitrogens with two attached hydrogens (primary N) is 1. The first kappa shape index (κ1) is 28.2. The maximum absolute atomic E-state index is 11.2. The summed E-state index contributed by atoms with van der Waals surface area (Å²) < 4.78 is 22.5. The Bertz CT molecular complexity index is 1050. The zero-order valence-electron chi connectivity index (χ0n) is 23.5. The number of imidazole rings is 1. The van der Waals surface area contributed by atoms with Crippen molar-refractivity contribution in [2.24, 2.45) is 0 Å². The standard InChI is InChI=1S/C24H45N5O4Si2/c1-22(2,3)34(9,10)32-16-17(33-35(11,12)23(4,5)6)21(31-18(16)24(7,8)30)29-14-28-15-19(25)26-13-27-20(15)29/h13-14,16-18,21,30H,1-12H3,(H2,25,26,27). The van der Waals surface area contributed by atoms with Crippen molar-refractivity contribution in [3.05, 3.63) is 12.7 Å². The normalized spacial score (nSPS) is 24.9. The van der Waals surface area contributed by atoms with Crippen LogP contribution >= 0.6 is 0 Å². The SMILES string of the molecule is CC(C)(O)C1OC(n2cnc3c(N)ncnc32)C(O[Si](C)(C)C(C)(C)C)C1O[Si](C)(C)C(C)(C)C. The molecule has 1 fully saturated rings. The van der Waals surface area contributed by atoms with Gasteiger partial charge in [0.15, 0.2) is 34.3 Å². The van der Waals surface area contributed by atoms with Crippen LogP contribution in [0.4, 0.5) is 5.82 Å². The van der Waals surface area contributed by atoms with E-state index in [-0.39, 0.29) is 10.1 Å². The second kappa shape index (κ2) is 8.88. The Kier molecular flexibility index (Phi) is 7.15. The molecule has 0 spiro atoms. The highest BCUT2D eigenvalue weighted by molar-refractivity contribution is 6.74. The van der Waals surface area contributed by atoms with Crippen molar-refractivity contribution < 1.29 is 18.7 Å². The number of aliphatic hydroxyl groups is 1. The van der Waals surface area contributed by atoms with Gasteiger partial charge in [-0.05, 0) is 50.1 Å². The number of hydrogen-bond acceptors (Lipinski definition) is 8. The van der Waals surface area contributed by atoms with Gasteiger partial charge in [0.25, 0.3) is 0 Å². The number of hydrogen-bond donors (Lipinski definition) is 2. The predicted molar refractivity (Wildman–Crippen MR) is 144 cm³/mol. The maximum atomic E-state index is 11.2. The van der Waals surface area contributed by atoms with Gasteiger partial charge in [-0.2, -0.15) is 0 Å². The Morgan fingerprint density at radius 1 is 0.886 bits per heavy atom. The number of rotatable bonds is 6. The van der Waals surface area contributed by atoms with Crippen molar-refractivity contribution in [1.82, 2.24) is 19.5 Å². The van der Waals surface area contributed by atoms with Gasteiger partial charge >= 0.3 is 0 Å². The van der Waals surface area contributed by atoms with Gasteiger partial charge in [-0.1, -0.05) is 41.5 Å². The highest BCUT2D eigenvalue weighted by Gasteiger charge is 2.57. The average molecular weight is 524 g/mol. The number of nitrogen functional groups attached to an aromatic ring is 1. The van der Waals surface area contributed by atoms with Crippen LogP contribution in [0.2, 0.25) is 36.3 Å². The van der Waals surface area contributed by atoms with E-state index in [1.54, 1.807) is 20.2 Å². The molecule has 3 rings (SSSR count). The summed E-state index contributed by atoms with van der Waals surface area (Å²) in [4.78, 5) is 13.0. The van der Waals surface area contributed by atoms with E-state index in [1.807, 2.05) is 4.57 Å². The third-order valence-corrected chi connectivity index (χ3v) is 17.0. The van der Waals surface area contributed by atoms with Crippen LogP contribution < -0.4 is 5.73 Å². The molecule has 4 atom stereocenters. The third kappa shape index (κ3) is 5.35. The van der Waals surface area contributed by atoms with Gasteiger partial charge in [0, 0.05) is 0 Å². The zero-order chi connectivity index (χ0) is 26.8. The fourth-order valence-corrected chi connectivity index (χ4v) is 6.35. The average Bonchev–Trinajstić information content (AvgIpc) is 3.22. The summed E-state index contributed by atoms with van der Waals surface area (Å²) in [5.41, 5.74) is 5.97. The molecule has 198 valence electrons. The van der Waals surface area contributed by atoms with Gasteiger partial charge in [0.1, 0.15) is 30.2 Å². The molecule has 9 nitrogen and oxygen atoms in total. The summed E-state index contributed by atoms with van der Waals surface area (Å²) in [6.07, 6.45) is 0.911. The van der Waals surface area contributed by atoms with Crippen molar-refractivity contribution in [2.75, 3.05) is 5.73 Å². The lowest BCUT2D eigenvalue weighted by Crippen LogP contribution is -2.56. The van der Waals surface area contributed by atoms with Crippen LogP contribution in [0.5, 0.6) is 0 Å². The van der Waals surface area contributed by atoms with Crippen LogP contribution in [0.25, 0.3) is 11.2 Å². The fourth-order valence-electron chi connectivity index (χ4n) is 3.78. The van der Waals surface area contributed by atoms with Gasteiger partial charge in [-0.25, -0.2) is 15.0 Å². The van der Waals surface area contributed by atoms with E-state index in [4.69, 9.17) is 19.3 Å². The second-order valence-corrected chi connectivity index (χ2v) is 22.9. The number of aromatic nitrogens is 4. The Hall–Kier alpha value is -1.38. The molecule has 0 bridgehead atoms. The van der Waals surface area contributed by atoms with E-state index in [0.29, 0.717) is 17.0 Å². The topological polar surface area (TPSA) is 118 Å². The lowest BCUT2D eigenvalue weighted by Gasteiger charge is -2.45. The molecule has 0 aromatic carbocycles. The molecular formula is C24H45N5O4Si2. The molecule has 11 heteroatoms. The second-order valence-electron chi connectivity index (χ2n) is 13.4. The van der Waals surface area contributed by atoms with Crippen molar-refractivity contribution in [3.8, 4) is 0 Å². The molecule has 2 aromatic rings. The van der Waals surface area contributed by atoms with Crippen molar-refractivity contribution in [2.45, 2.75) is 122 Å². The summed E-state index contributed by atoms with van der Waals surface area (Å²) in [5.74, 6) is 0.307. The highest BCUT2D eigenvalue weighted by Crippen LogP contribution is 2.47. The molecule has 0 saturated carbocycles. The summed E-state index contributed by atoms with van der Waals surface area (Å²) in [5, 5.41) is 11.2.